The second kappa shape index (κ2) is 4.62. The molecule has 6 nitrogen and oxygen atoms in total. The highest BCUT2D eigenvalue weighted by molar-refractivity contribution is 9.11. The molecule has 0 bridgehead atoms. The molecule has 0 radical (unpaired) electrons. The molecule has 0 aromatic heterocycles. The van der Waals surface area contributed by atoms with E-state index in [1.54, 1.807) is 0 Å². The summed E-state index contributed by atoms with van der Waals surface area (Å²) in [6.07, 6.45) is 0. The first-order valence-corrected chi connectivity index (χ1v) is 6.20. The lowest BCUT2D eigenvalue weighted by Crippen LogP contribution is -1.91. The number of nitro benzene ring substituents is 2. The highest BCUT2D eigenvalue weighted by Gasteiger charge is 2.16. The molecule has 0 amide bonds. The molecule has 2 aromatic rings. The lowest BCUT2D eigenvalue weighted by Gasteiger charge is -2.04. The van der Waals surface area contributed by atoms with Crippen LogP contribution in [-0.4, -0.2) is 9.85 Å². The van der Waals surface area contributed by atoms with Crippen LogP contribution in [0, 0.1) is 20.2 Å². The maximum atomic E-state index is 10.7. The average molecular weight is 376 g/mol. The van der Waals surface area contributed by atoms with Crippen molar-refractivity contribution in [1.82, 2.24) is 0 Å². The van der Waals surface area contributed by atoms with Gasteiger partial charge in [0.05, 0.1) is 9.85 Å². The molecular weight excluding hydrogens is 372 g/mol. The SMILES string of the molecule is O=[N+]([O-])c1cc(Br)c2cc([N+](=O)[O-])cc(Br)c2c1. The van der Waals surface area contributed by atoms with E-state index in [0.717, 1.165) is 0 Å². The number of fused-ring (bicyclic) bond motifs is 1. The maximum absolute atomic E-state index is 10.7. The zero-order chi connectivity index (χ0) is 13.4. The number of halogens is 2. The summed E-state index contributed by atoms with van der Waals surface area (Å²) >= 11 is 6.37. The Hall–Kier alpha value is -1.54. The predicted molar refractivity (Wildman–Crippen MR) is 72.7 cm³/mol. The summed E-state index contributed by atoms with van der Waals surface area (Å²) in [6, 6.07) is 5.37. The van der Waals surface area contributed by atoms with Crippen LogP contribution in [-0.2, 0) is 0 Å². The van der Waals surface area contributed by atoms with Gasteiger partial charge in [-0.2, -0.15) is 0 Å². The Labute approximate surface area is 117 Å². The molecule has 0 saturated heterocycles. The fourth-order valence-electron chi connectivity index (χ4n) is 1.56. The van der Waals surface area contributed by atoms with E-state index in [2.05, 4.69) is 31.9 Å². The molecule has 2 aromatic carbocycles. The third-order valence-electron chi connectivity index (χ3n) is 2.36. The summed E-state index contributed by atoms with van der Waals surface area (Å²) in [7, 11) is 0. The molecule has 0 aliphatic heterocycles. The van der Waals surface area contributed by atoms with Crippen LogP contribution in [0.5, 0.6) is 0 Å². The van der Waals surface area contributed by atoms with Crippen molar-refractivity contribution in [2.75, 3.05) is 0 Å². The van der Waals surface area contributed by atoms with E-state index in [-0.39, 0.29) is 11.4 Å². The van der Waals surface area contributed by atoms with Gasteiger partial charge in [-0.25, -0.2) is 0 Å². The van der Waals surface area contributed by atoms with Gasteiger partial charge in [0.15, 0.2) is 0 Å². The first-order chi connectivity index (χ1) is 8.40. The molecule has 18 heavy (non-hydrogen) atoms. The lowest BCUT2D eigenvalue weighted by atomic mass is 10.1. The van der Waals surface area contributed by atoms with E-state index in [1.807, 2.05) is 0 Å². The molecule has 2 rings (SSSR count). The number of benzene rings is 2. The summed E-state index contributed by atoms with van der Waals surface area (Å²) in [6.45, 7) is 0. The van der Waals surface area contributed by atoms with Gasteiger partial charge < -0.3 is 0 Å². The quantitative estimate of drug-likeness (QED) is 0.581. The number of rotatable bonds is 2. The summed E-state index contributed by atoms with van der Waals surface area (Å²) in [5.74, 6) is 0. The maximum Gasteiger partial charge on any atom is 0.271 e. The first-order valence-electron chi connectivity index (χ1n) is 4.61. The number of non-ortho nitro benzene ring substituents is 2. The number of nitro groups is 2. The minimum Gasteiger partial charge on any atom is -0.258 e. The van der Waals surface area contributed by atoms with Crippen LogP contribution in [0.4, 0.5) is 11.4 Å². The van der Waals surface area contributed by atoms with Crippen molar-refractivity contribution >= 4 is 54.0 Å². The van der Waals surface area contributed by atoms with Crippen LogP contribution in [0.1, 0.15) is 0 Å². The van der Waals surface area contributed by atoms with Crippen LogP contribution >= 0.6 is 31.9 Å². The van der Waals surface area contributed by atoms with Crippen molar-refractivity contribution < 1.29 is 9.85 Å². The average Bonchev–Trinajstić information content (AvgIpc) is 2.29. The Kier molecular flexibility index (Phi) is 3.31. The number of hydrogen-bond donors (Lipinski definition) is 0. The molecule has 0 aliphatic carbocycles. The molecule has 0 aliphatic rings. The largest absolute Gasteiger partial charge is 0.271 e. The monoisotopic (exact) mass is 374 g/mol. The highest BCUT2D eigenvalue weighted by atomic mass is 79.9. The molecule has 0 heterocycles. The van der Waals surface area contributed by atoms with E-state index in [0.29, 0.717) is 19.7 Å². The zero-order valence-electron chi connectivity index (χ0n) is 8.59. The Morgan fingerprint density at radius 1 is 0.778 bits per heavy atom. The molecule has 0 unspecified atom stereocenters. The Morgan fingerprint density at radius 2 is 1.11 bits per heavy atom. The van der Waals surface area contributed by atoms with Crippen molar-refractivity contribution in [3.63, 3.8) is 0 Å². The Morgan fingerprint density at radius 3 is 1.39 bits per heavy atom. The second-order valence-electron chi connectivity index (χ2n) is 3.46. The van der Waals surface area contributed by atoms with Gasteiger partial charge in [-0.1, -0.05) is 0 Å². The minimum atomic E-state index is -0.516. The summed E-state index contributed by atoms with van der Waals surface area (Å²) in [4.78, 5) is 20.5. The van der Waals surface area contributed by atoms with E-state index >= 15 is 0 Å². The predicted octanol–water partition coefficient (Wildman–Crippen LogP) is 4.18. The summed E-state index contributed by atoms with van der Waals surface area (Å²) < 4.78 is 0.882. The van der Waals surface area contributed by atoms with E-state index < -0.39 is 9.85 Å². The summed E-state index contributed by atoms with van der Waals surface area (Å²) in [5.41, 5.74) is -0.159. The topological polar surface area (TPSA) is 86.3 Å². The van der Waals surface area contributed by atoms with Gasteiger partial charge >= 0.3 is 0 Å². The standard InChI is InChI=1S/C10H4Br2N2O4/c11-9-4-6(14(17)18)2-8-7(9)1-5(13(15)16)3-10(8)12/h1-4H. The van der Waals surface area contributed by atoms with E-state index in [1.165, 1.54) is 24.3 Å². The molecular formula is C10H4Br2N2O4. The first kappa shape index (κ1) is 12.9. The van der Waals surface area contributed by atoms with Crippen molar-refractivity contribution in [3.05, 3.63) is 53.4 Å². The van der Waals surface area contributed by atoms with Crippen molar-refractivity contribution in [1.29, 1.82) is 0 Å². The Bertz CT molecular complexity index is 628. The number of hydrogen-bond acceptors (Lipinski definition) is 4. The van der Waals surface area contributed by atoms with Gasteiger partial charge in [-0.3, -0.25) is 20.2 Å². The van der Waals surface area contributed by atoms with Gasteiger partial charge in [0.2, 0.25) is 0 Å². The van der Waals surface area contributed by atoms with Crippen molar-refractivity contribution in [2.24, 2.45) is 0 Å². The van der Waals surface area contributed by atoms with Crippen LogP contribution < -0.4 is 0 Å². The van der Waals surface area contributed by atoms with Crippen LogP contribution in [0.25, 0.3) is 10.8 Å². The van der Waals surface area contributed by atoms with Crippen molar-refractivity contribution in [3.8, 4) is 0 Å². The van der Waals surface area contributed by atoms with E-state index in [4.69, 9.17) is 0 Å². The molecule has 92 valence electrons. The molecule has 0 N–H and O–H groups in total. The molecule has 0 spiro atoms. The Balaban J connectivity index is 2.83. The minimum absolute atomic E-state index is 0.0797. The fraction of sp³-hybridized carbons (Fsp3) is 0. The fourth-order valence-corrected chi connectivity index (χ4v) is 2.68. The third-order valence-corrected chi connectivity index (χ3v) is 3.67. The van der Waals surface area contributed by atoms with Crippen LogP contribution in [0.3, 0.4) is 0 Å². The molecule has 8 heteroatoms. The second-order valence-corrected chi connectivity index (χ2v) is 5.17. The van der Waals surface area contributed by atoms with Gasteiger partial charge in [0.1, 0.15) is 0 Å². The van der Waals surface area contributed by atoms with Crippen LogP contribution in [0.2, 0.25) is 0 Å². The van der Waals surface area contributed by atoms with Crippen molar-refractivity contribution in [2.45, 2.75) is 0 Å². The van der Waals surface area contributed by atoms with Gasteiger partial charge in [-0.05, 0) is 31.9 Å². The summed E-state index contributed by atoms with van der Waals surface area (Å²) in [5, 5.41) is 22.6. The molecule has 0 fully saturated rings. The highest BCUT2D eigenvalue weighted by Crippen LogP contribution is 2.36. The molecule has 0 atom stereocenters. The van der Waals surface area contributed by atoms with Gasteiger partial charge in [-0.15, -0.1) is 0 Å². The van der Waals surface area contributed by atoms with Gasteiger partial charge in [0.25, 0.3) is 11.4 Å². The third kappa shape index (κ3) is 2.21. The van der Waals surface area contributed by atoms with Gasteiger partial charge in [0, 0.05) is 44.0 Å². The van der Waals surface area contributed by atoms with E-state index in [9.17, 15) is 20.2 Å². The van der Waals surface area contributed by atoms with Crippen LogP contribution in [0.15, 0.2) is 33.2 Å². The lowest BCUT2D eigenvalue weighted by molar-refractivity contribution is -0.385. The normalized spacial score (nSPS) is 10.6. The molecule has 0 saturated carbocycles. The number of nitrogens with zero attached hydrogens (tertiary/aromatic N) is 2. The smallest absolute Gasteiger partial charge is 0.258 e. The zero-order valence-corrected chi connectivity index (χ0v) is 11.8.